The van der Waals surface area contributed by atoms with Gasteiger partial charge in [0.2, 0.25) is 0 Å². The van der Waals surface area contributed by atoms with Crippen molar-refractivity contribution in [1.82, 2.24) is 10.2 Å². The molecule has 1 aromatic rings. The molecule has 0 radical (unpaired) electrons. The number of aryl methyl sites for hydroxylation is 1. The summed E-state index contributed by atoms with van der Waals surface area (Å²) in [7, 11) is 0. The molecule has 1 N–H and O–H groups in total. The monoisotopic (exact) mass is 272 g/mol. The summed E-state index contributed by atoms with van der Waals surface area (Å²) in [5, 5.41) is 3.59. The Morgan fingerprint density at radius 2 is 1.95 bits per heavy atom. The maximum Gasteiger partial charge on any atom is 0.0348 e. The van der Waals surface area contributed by atoms with E-state index in [0.717, 1.165) is 17.9 Å². The van der Waals surface area contributed by atoms with E-state index in [1.165, 1.54) is 43.6 Å². The highest BCUT2D eigenvalue weighted by atomic mass is 15.2. The van der Waals surface area contributed by atoms with Crippen LogP contribution in [0.1, 0.15) is 43.9 Å². The summed E-state index contributed by atoms with van der Waals surface area (Å²) in [4.78, 5) is 2.81. The summed E-state index contributed by atoms with van der Waals surface area (Å²) in [5.41, 5.74) is 2.86. The summed E-state index contributed by atoms with van der Waals surface area (Å²) in [6.07, 6.45) is 2.50. The van der Waals surface area contributed by atoms with Crippen LogP contribution in [-0.4, -0.2) is 30.6 Å². The molecular formula is C18H28N2. The topological polar surface area (TPSA) is 15.3 Å². The van der Waals surface area contributed by atoms with E-state index in [2.05, 4.69) is 55.3 Å². The van der Waals surface area contributed by atoms with Crippen LogP contribution < -0.4 is 5.32 Å². The van der Waals surface area contributed by atoms with Gasteiger partial charge in [-0.15, -0.1) is 0 Å². The van der Waals surface area contributed by atoms with E-state index in [9.17, 15) is 0 Å². The Morgan fingerprint density at radius 1 is 1.20 bits per heavy atom. The van der Waals surface area contributed by atoms with Gasteiger partial charge in [-0.05, 0) is 50.3 Å². The fourth-order valence-electron chi connectivity index (χ4n) is 4.40. The van der Waals surface area contributed by atoms with Crippen LogP contribution in [0, 0.1) is 18.8 Å². The van der Waals surface area contributed by atoms with Crippen molar-refractivity contribution in [3.8, 4) is 0 Å². The third-order valence-electron chi connectivity index (χ3n) is 5.43. The van der Waals surface area contributed by atoms with Crippen molar-refractivity contribution in [3.63, 3.8) is 0 Å². The first kappa shape index (κ1) is 14.1. The van der Waals surface area contributed by atoms with Gasteiger partial charge in [0.1, 0.15) is 0 Å². The Balaban J connectivity index is 1.83. The molecule has 3 rings (SSSR count). The fourth-order valence-corrected chi connectivity index (χ4v) is 4.40. The predicted molar refractivity (Wildman–Crippen MR) is 84.8 cm³/mol. The van der Waals surface area contributed by atoms with Crippen LogP contribution in [-0.2, 0) is 0 Å². The second-order valence-electron chi connectivity index (χ2n) is 6.59. The molecule has 2 nitrogen and oxygen atoms in total. The number of rotatable bonds is 4. The molecule has 0 amide bonds. The first-order chi connectivity index (χ1) is 9.74. The lowest BCUT2D eigenvalue weighted by Crippen LogP contribution is -2.37. The quantitative estimate of drug-likeness (QED) is 0.904. The average molecular weight is 272 g/mol. The highest BCUT2D eigenvalue weighted by Gasteiger charge is 2.45. The summed E-state index contributed by atoms with van der Waals surface area (Å²) >= 11 is 0. The molecule has 1 aromatic carbocycles. The van der Waals surface area contributed by atoms with Crippen LogP contribution >= 0.6 is 0 Å². The standard InChI is InChI=1S/C18H28N2/c1-4-17(14-8-6-13(3)7-9-14)20-12-15-10-19-11-16(15)18(20)5-2/h6-9,15-19H,4-5,10-12H2,1-3H3. The largest absolute Gasteiger partial charge is 0.316 e. The molecule has 2 fully saturated rings. The number of likely N-dealkylation sites (tertiary alicyclic amines) is 1. The van der Waals surface area contributed by atoms with Gasteiger partial charge >= 0.3 is 0 Å². The van der Waals surface area contributed by atoms with Gasteiger partial charge in [-0.1, -0.05) is 43.7 Å². The van der Waals surface area contributed by atoms with E-state index in [1.807, 2.05) is 0 Å². The number of hydrogen-bond acceptors (Lipinski definition) is 2. The van der Waals surface area contributed by atoms with Gasteiger partial charge in [-0.3, -0.25) is 4.90 Å². The maximum atomic E-state index is 3.59. The van der Waals surface area contributed by atoms with Gasteiger partial charge in [-0.25, -0.2) is 0 Å². The van der Waals surface area contributed by atoms with E-state index >= 15 is 0 Å². The normalized spacial score (nSPS) is 31.4. The predicted octanol–water partition coefficient (Wildman–Crippen LogP) is 3.38. The maximum absolute atomic E-state index is 3.59. The van der Waals surface area contributed by atoms with Crippen LogP contribution in [0.15, 0.2) is 24.3 Å². The average Bonchev–Trinajstić information content (AvgIpc) is 3.02. The molecule has 2 saturated heterocycles. The van der Waals surface area contributed by atoms with Gasteiger partial charge in [0, 0.05) is 18.6 Å². The molecule has 2 aliphatic rings. The molecule has 0 spiro atoms. The zero-order valence-electron chi connectivity index (χ0n) is 13.1. The molecule has 4 atom stereocenters. The van der Waals surface area contributed by atoms with E-state index in [4.69, 9.17) is 0 Å². The molecule has 110 valence electrons. The second kappa shape index (κ2) is 5.87. The molecular weight excluding hydrogens is 244 g/mol. The lowest BCUT2D eigenvalue weighted by Gasteiger charge is -2.34. The van der Waals surface area contributed by atoms with Crippen molar-refractivity contribution in [3.05, 3.63) is 35.4 Å². The Kier molecular flexibility index (Phi) is 4.13. The summed E-state index contributed by atoms with van der Waals surface area (Å²) in [6.45, 7) is 10.6. The van der Waals surface area contributed by atoms with Crippen molar-refractivity contribution in [1.29, 1.82) is 0 Å². The smallest absolute Gasteiger partial charge is 0.0348 e. The SMILES string of the molecule is CCC(c1ccc(C)cc1)N1CC2CNCC2C1CC. The highest BCUT2D eigenvalue weighted by molar-refractivity contribution is 5.25. The number of nitrogens with one attached hydrogen (secondary N) is 1. The number of fused-ring (bicyclic) bond motifs is 1. The van der Waals surface area contributed by atoms with E-state index < -0.39 is 0 Å². The highest BCUT2D eigenvalue weighted by Crippen LogP contribution is 2.40. The lowest BCUT2D eigenvalue weighted by atomic mass is 9.92. The van der Waals surface area contributed by atoms with Gasteiger partial charge in [-0.2, -0.15) is 0 Å². The fraction of sp³-hybridized carbons (Fsp3) is 0.667. The number of benzene rings is 1. The van der Waals surface area contributed by atoms with Crippen LogP contribution in [0.4, 0.5) is 0 Å². The van der Waals surface area contributed by atoms with Gasteiger partial charge in [0.25, 0.3) is 0 Å². The number of hydrogen-bond donors (Lipinski definition) is 1. The number of nitrogens with zero attached hydrogens (tertiary/aromatic N) is 1. The zero-order chi connectivity index (χ0) is 14.1. The van der Waals surface area contributed by atoms with E-state index in [0.29, 0.717) is 6.04 Å². The van der Waals surface area contributed by atoms with Crippen LogP contribution in [0.25, 0.3) is 0 Å². The van der Waals surface area contributed by atoms with Gasteiger partial charge in [0.15, 0.2) is 0 Å². The van der Waals surface area contributed by atoms with Crippen molar-refractivity contribution in [2.45, 2.75) is 45.7 Å². The Hall–Kier alpha value is -0.860. The molecule has 2 heteroatoms. The van der Waals surface area contributed by atoms with Gasteiger partial charge < -0.3 is 5.32 Å². The van der Waals surface area contributed by atoms with Crippen LogP contribution in [0.5, 0.6) is 0 Å². The molecule has 0 bridgehead atoms. The van der Waals surface area contributed by atoms with E-state index in [1.54, 1.807) is 0 Å². The Morgan fingerprint density at radius 3 is 2.60 bits per heavy atom. The molecule has 0 saturated carbocycles. The Bertz CT molecular complexity index is 439. The van der Waals surface area contributed by atoms with Crippen molar-refractivity contribution >= 4 is 0 Å². The third-order valence-corrected chi connectivity index (χ3v) is 5.43. The molecule has 0 aromatic heterocycles. The first-order valence-corrected chi connectivity index (χ1v) is 8.27. The molecule has 2 heterocycles. The van der Waals surface area contributed by atoms with Crippen molar-refractivity contribution < 1.29 is 0 Å². The molecule has 4 unspecified atom stereocenters. The minimum Gasteiger partial charge on any atom is -0.316 e. The first-order valence-electron chi connectivity index (χ1n) is 8.27. The second-order valence-corrected chi connectivity index (χ2v) is 6.59. The van der Waals surface area contributed by atoms with Crippen molar-refractivity contribution in [2.24, 2.45) is 11.8 Å². The molecule has 0 aliphatic carbocycles. The summed E-state index contributed by atoms with van der Waals surface area (Å²) in [6, 6.07) is 10.6. The minimum absolute atomic E-state index is 0.603. The Labute approximate surface area is 123 Å². The van der Waals surface area contributed by atoms with E-state index in [-0.39, 0.29) is 0 Å². The van der Waals surface area contributed by atoms with Crippen molar-refractivity contribution in [2.75, 3.05) is 19.6 Å². The minimum atomic E-state index is 0.603. The third kappa shape index (κ3) is 2.40. The summed E-state index contributed by atoms with van der Waals surface area (Å²) < 4.78 is 0. The van der Waals surface area contributed by atoms with Crippen LogP contribution in [0.3, 0.4) is 0 Å². The summed E-state index contributed by atoms with van der Waals surface area (Å²) in [5.74, 6) is 1.75. The van der Waals surface area contributed by atoms with Crippen LogP contribution in [0.2, 0.25) is 0 Å². The van der Waals surface area contributed by atoms with Gasteiger partial charge in [0.05, 0.1) is 0 Å². The molecule has 20 heavy (non-hydrogen) atoms. The molecule has 2 aliphatic heterocycles. The zero-order valence-corrected chi connectivity index (χ0v) is 13.1. The lowest BCUT2D eigenvalue weighted by molar-refractivity contribution is 0.150.